The standard InChI is InChI=1S/C15H18ClNO2/c1-3-10-17-15(13-8-9-14(16)19-13)11-4-6-12(18-2)7-5-11/h4-9,15,17H,3,10H2,1-2H3. The summed E-state index contributed by atoms with van der Waals surface area (Å²) < 4.78 is 10.7. The molecule has 0 spiro atoms. The van der Waals surface area contributed by atoms with Crippen molar-refractivity contribution in [2.45, 2.75) is 19.4 Å². The predicted molar refractivity (Wildman–Crippen MR) is 76.8 cm³/mol. The van der Waals surface area contributed by atoms with Gasteiger partial charge in [0.2, 0.25) is 0 Å². The normalized spacial score (nSPS) is 12.4. The van der Waals surface area contributed by atoms with E-state index >= 15 is 0 Å². The Bertz CT molecular complexity index is 507. The molecule has 0 saturated carbocycles. The summed E-state index contributed by atoms with van der Waals surface area (Å²) in [5.74, 6) is 1.67. The van der Waals surface area contributed by atoms with Crippen LogP contribution >= 0.6 is 11.6 Å². The molecule has 1 aromatic heterocycles. The van der Waals surface area contributed by atoms with Gasteiger partial charge in [-0.3, -0.25) is 0 Å². The van der Waals surface area contributed by atoms with Crippen LogP contribution in [0.3, 0.4) is 0 Å². The van der Waals surface area contributed by atoms with E-state index in [-0.39, 0.29) is 6.04 Å². The number of rotatable bonds is 6. The minimum absolute atomic E-state index is 0.0124. The molecule has 0 aliphatic carbocycles. The predicted octanol–water partition coefficient (Wildman–Crippen LogP) is 4.03. The second-order valence-electron chi connectivity index (χ2n) is 4.30. The van der Waals surface area contributed by atoms with Crippen LogP contribution in [0.25, 0.3) is 0 Å². The maximum Gasteiger partial charge on any atom is 0.193 e. The highest BCUT2D eigenvalue weighted by Gasteiger charge is 2.17. The van der Waals surface area contributed by atoms with Crippen LogP contribution in [0.4, 0.5) is 0 Å². The van der Waals surface area contributed by atoms with Gasteiger partial charge in [-0.15, -0.1) is 0 Å². The van der Waals surface area contributed by atoms with Gasteiger partial charge < -0.3 is 14.5 Å². The first-order valence-electron chi connectivity index (χ1n) is 6.37. The number of hydrogen-bond donors (Lipinski definition) is 1. The molecule has 0 saturated heterocycles. The molecule has 0 radical (unpaired) electrons. The van der Waals surface area contributed by atoms with Crippen LogP contribution in [0.1, 0.15) is 30.7 Å². The van der Waals surface area contributed by atoms with E-state index in [9.17, 15) is 0 Å². The second kappa shape index (κ2) is 6.64. The lowest BCUT2D eigenvalue weighted by Gasteiger charge is -2.17. The number of hydrogen-bond acceptors (Lipinski definition) is 3. The van der Waals surface area contributed by atoms with Crippen LogP contribution in [0.15, 0.2) is 40.8 Å². The van der Waals surface area contributed by atoms with Crippen molar-refractivity contribution in [2.24, 2.45) is 0 Å². The molecule has 19 heavy (non-hydrogen) atoms. The van der Waals surface area contributed by atoms with Gasteiger partial charge in [0.15, 0.2) is 5.22 Å². The zero-order chi connectivity index (χ0) is 13.7. The van der Waals surface area contributed by atoms with Gasteiger partial charge in [-0.1, -0.05) is 19.1 Å². The van der Waals surface area contributed by atoms with Crippen LogP contribution in [0, 0.1) is 0 Å². The van der Waals surface area contributed by atoms with Crippen molar-refractivity contribution in [1.29, 1.82) is 0 Å². The van der Waals surface area contributed by atoms with Gasteiger partial charge in [0.1, 0.15) is 11.5 Å². The van der Waals surface area contributed by atoms with Crippen LogP contribution in [0.5, 0.6) is 5.75 Å². The molecule has 4 heteroatoms. The Labute approximate surface area is 118 Å². The maximum atomic E-state index is 5.86. The molecule has 0 fully saturated rings. The van der Waals surface area contributed by atoms with E-state index in [2.05, 4.69) is 12.2 Å². The zero-order valence-corrected chi connectivity index (χ0v) is 11.9. The maximum absolute atomic E-state index is 5.86. The quantitative estimate of drug-likeness (QED) is 0.867. The van der Waals surface area contributed by atoms with E-state index < -0.39 is 0 Å². The SMILES string of the molecule is CCCNC(c1ccc(OC)cc1)c1ccc(Cl)o1. The topological polar surface area (TPSA) is 34.4 Å². The smallest absolute Gasteiger partial charge is 0.193 e. The highest BCUT2D eigenvalue weighted by atomic mass is 35.5. The first-order valence-corrected chi connectivity index (χ1v) is 6.75. The van der Waals surface area contributed by atoms with Crippen molar-refractivity contribution in [1.82, 2.24) is 5.32 Å². The molecule has 1 N–H and O–H groups in total. The molecule has 3 nitrogen and oxygen atoms in total. The van der Waals surface area contributed by atoms with E-state index in [0.29, 0.717) is 5.22 Å². The molecule has 0 amide bonds. The monoisotopic (exact) mass is 279 g/mol. The minimum atomic E-state index is 0.0124. The molecule has 102 valence electrons. The third-order valence-corrected chi connectivity index (χ3v) is 3.13. The summed E-state index contributed by atoms with van der Waals surface area (Å²) >= 11 is 5.86. The van der Waals surface area contributed by atoms with Crippen molar-refractivity contribution in [2.75, 3.05) is 13.7 Å². The lowest BCUT2D eigenvalue weighted by atomic mass is 10.0. The van der Waals surface area contributed by atoms with Crippen LogP contribution in [0.2, 0.25) is 5.22 Å². The minimum Gasteiger partial charge on any atom is -0.497 e. The Morgan fingerprint density at radius 2 is 1.95 bits per heavy atom. The summed E-state index contributed by atoms with van der Waals surface area (Å²) in [6.07, 6.45) is 1.06. The van der Waals surface area contributed by atoms with Crippen molar-refractivity contribution in [3.63, 3.8) is 0 Å². The van der Waals surface area contributed by atoms with Crippen molar-refractivity contribution in [3.05, 3.63) is 52.9 Å². The second-order valence-corrected chi connectivity index (χ2v) is 4.67. The van der Waals surface area contributed by atoms with Crippen LogP contribution < -0.4 is 10.1 Å². The van der Waals surface area contributed by atoms with Crippen LogP contribution in [-0.4, -0.2) is 13.7 Å². The molecule has 0 aliphatic rings. The van der Waals surface area contributed by atoms with Gasteiger partial charge in [0.25, 0.3) is 0 Å². The molecule has 2 aromatic rings. The largest absolute Gasteiger partial charge is 0.497 e. The fourth-order valence-corrected chi connectivity index (χ4v) is 2.10. The van der Waals surface area contributed by atoms with E-state index in [0.717, 1.165) is 30.0 Å². The molecule has 1 unspecified atom stereocenters. The molecule has 2 rings (SSSR count). The van der Waals surface area contributed by atoms with Gasteiger partial charge in [-0.25, -0.2) is 0 Å². The molecule has 1 heterocycles. The molecule has 0 bridgehead atoms. The first-order chi connectivity index (χ1) is 9.24. The zero-order valence-electron chi connectivity index (χ0n) is 11.2. The molecule has 0 aliphatic heterocycles. The molecule has 1 atom stereocenters. The summed E-state index contributed by atoms with van der Waals surface area (Å²) in [6, 6.07) is 11.6. The number of furan rings is 1. The lowest BCUT2D eigenvalue weighted by molar-refractivity contribution is 0.413. The number of methoxy groups -OCH3 is 1. The van der Waals surface area contributed by atoms with Crippen molar-refractivity contribution >= 4 is 11.6 Å². The number of halogens is 1. The highest BCUT2D eigenvalue weighted by molar-refractivity contribution is 6.28. The Hall–Kier alpha value is -1.45. The summed E-state index contributed by atoms with van der Waals surface area (Å²) in [6.45, 7) is 3.04. The molecular formula is C15H18ClNO2. The Morgan fingerprint density at radius 3 is 2.47 bits per heavy atom. The summed E-state index contributed by atoms with van der Waals surface area (Å²) in [5, 5.41) is 3.87. The van der Waals surface area contributed by atoms with Gasteiger partial charge in [0.05, 0.1) is 13.2 Å². The number of ether oxygens (including phenoxy) is 1. The average Bonchev–Trinajstić information content (AvgIpc) is 2.86. The first kappa shape index (κ1) is 14.0. The van der Waals surface area contributed by atoms with Crippen molar-refractivity contribution < 1.29 is 9.15 Å². The summed E-state index contributed by atoms with van der Waals surface area (Å²) in [7, 11) is 1.66. The third kappa shape index (κ3) is 3.52. The summed E-state index contributed by atoms with van der Waals surface area (Å²) in [4.78, 5) is 0. The molecular weight excluding hydrogens is 262 g/mol. The Balaban J connectivity index is 2.25. The van der Waals surface area contributed by atoms with Crippen LogP contribution in [-0.2, 0) is 0 Å². The lowest BCUT2D eigenvalue weighted by Crippen LogP contribution is -2.22. The average molecular weight is 280 g/mol. The van der Waals surface area contributed by atoms with Gasteiger partial charge >= 0.3 is 0 Å². The molecule has 1 aromatic carbocycles. The number of nitrogens with one attached hydrogen (secondary N) is 1. The fourth-order valence-electron chi connectivity index (χ4n) is 1.95. The van der Waals surface area contributed by atoms with Crippen molar-refractivity contribution in [3.8, 4) is 5.75 Å². The Kier molecular flexibility index (Phi) is 4.88. The van der Waals surface area contributed by atoms with Gasteiger partial charge in [-0.2, -0.15) is 0 Å². The van der Waals surface area contributed by atoms with Gasteiger partial charge in [0, 0.05) is 0 Å². The van der Waals surface area contributed by atoms with E-state index in [1.54, 1.807) is 13.2 Å². The highest BCUT2D eigenvalue weighted by Crippen LogP contribution is 2.27. The number of benzene rings is 1. The van der Waals surface area contributed by atoms with E-state index in [1.165, 1.54) is 0 Å². The van der Waals surface area contributed by atoms with Gasteiger partial charge in [-0.05, 0) is 54.4 Å². The van der Waals surface area contributed by atoms with E-state index in [4.69, 9.17) is 20.8 Å². The summed E-state index contributed by atoms with van der Waals surface area (Å²) in [5.41, 5.74) is 1.13. The Morgan fingerprint density at radius 1 is 1.21 bits per heavy atom. The third-order valence-electron chi connectivity index (χ3n) is 2.93. The fraction of sp³-hybridized carbons (Fsp3) is 0.333. The van der Waals surface area contributed by atoms with E-state index in [1.807, 2.05) is 30.3 Å².